The van der Waals surface area contributed by atoms with Gasteiger partial charge in [-0.15, -0.1) is 11.3 Å². The van der Waals surface area contributed by atoms with Crippen LogP contribution in [0.3, 0.4) is 0 Å². The van der Waals surface area contributed by atoms with Gasteiger partial charge in [-0.2, -0.15) is 0 Å². The van der Waals surface area contributed by atoms with E-state index >= 15 is 0 Å². The first-order valence-electron chi connectivity index (χ1n) is 23.1. The highest BCUT2D eigenvalue weighted by molar-refractivity contribution is 7.26. The number of fused-ring (bicyclic) bond motifs is 7. The van der Waals surface area contributed by atoms with Crippen molar-refractivity contribution in [1.82, 2.24) is 0 Å². The molecule has 0 saturated heterocycles. The van der Waals surface area contributed by atoms with Crippen LogP contribution in [0.15, 0.2) is 176 Å². The van der Waals surface area contributed by atoms with Gasteiger partial charge in [0.25, 0.3) is 6.71 Å². The lowest BCUT2D eigenvalue weighted by Gasteiger charge is -2.45. The number of benzene rings is 8. The van der Waals surface area contributed by atoms with E-state index in [1.807, 2.05) is 11.3 Å². The van der Waals surface area contributed by atoms with Crippen molar-refractivity contribution in [3.8, 4) is 0 Å². The van der Waals surface area contributed by atoms with E-state index in [9.17, 15) is 0 Å². The molecule has 11 rings (SSSR count). The molecule has 65 heavy (non-hydrogen) atoms. The van der Waals surface area contributed by atoms with E-state index < -0.39 is 0 Å². The molecule has 8 aromatic carbocycles. The van der Waals surface area contributed by atoms with E-state index in [0.717, 1.165) is 22.7 Å². The second-order valence-corrected chi connectivity index (χ2v) is 22.1. The van der Waals surface area contributed by atoms with Crippen LogP contribution >= 0.6 is 11.3 Å². The first kappa shape index (κ1) is 41.2. The zero-order chi connectivity index (χ0) is 45.0. The van der Waals surface area contributed by atoms with E-state index in [-0.39, 0.29) is 23.0 Å². The summed E-state index contributed by atoms with van der Waals surface area (Å²) in [5.41, 5.74) is 18.5. The van der Waals surface area contributed by atoms with E-state index in [1.54, 1.807) is 0 Å². The quantitative estimate of drug-likeness (QED) is 0.160. The normalized spacial score (nSPS) is 13.5. The number of nitrogens with zero attached hydrogens (tertiary/aromatic N) is 3. The summed E-state index contributed by atoms with van der Waals surface area (Å²) in [4.78, 5) is 7.60. The second-order valence-electron chi connectivity index (χ2n) is 21.1. The highest BCUT2D eigenvalue weighted by atomic mass is 32.1. The Labute approximate surface area is 389 Å². The molecule has 0 radical (unpaired) electrons. The van der Waals surface area contributed by atoms with Crippen LogP contribution in [-0.4, -0.2) is 6.71 Å². The lowest BCUT2D eigenvalue weighted by molar-refractivity contribution is 0.590. The van der Waals surface area contributed by atoms with Gasteiger partial charge in [0, 0.05) is 55.3 Å². The van der Waals surface area contributed by atoms with E-state index in [4.69, 9.17) is 0 Å². The van der Waals surface area contributed by atoms with Gasteiger partial charge in [0.05, 0.1) is 16.1 Å². The highest BCUT2D eigenvalue weighted by Gasteiger charge is 2.44. The molecule has 2 aliphatic heterocycles. The van der Waals surface area contributed by atoms with Crippen LogP contribution in [0.1, 0.15) is 79.0 Å². The van der Waals surface area contributed by atoms with Crippen LogP contribution in [0.4, 0.5) is 51.2 Å². The van der Waals surface area contributed by atoms with Gasteiger partial charge in [0.15, 0.2) is 0 Å². The van der Waals surface area contributed by atoms with E-state index in [1.165, 1.54) is 81.7 Å². The summed E-state index contributed by atoms with van der Waals surface area (Å²) in [6.07, 6.45) is 0. The first-order valence-corrected chi connectivity index (χ1v) is 23.9. The van der Waals surface area contributed by atoms with Crippen molar-refractivity contribution in [2.45, 2.75) is 78.6 Å². The predicted octanol–water partition coefficient (Wildman–Crippen LogP) is 15.5. The first-order chi connectivity index (χ1) is 31.1. The molecular weight excluding hydrogens is 806 g/mol. The van der Waals surface area contributed by atoms with Crippen molar-refractivity contribution in [1.29, 1.82) is 0 Å². The lowest BCUT2D eigenvalue weighted by Crippen LogP contribution is -2.61. The van der Waals surface area contributed by atoms with Gasteiger partial charge >= 0.3 is 0 Å². The van der Waals surface area contributed by atoms with Crippen molar-refractivity contribution in [3.63, 3.8) is 0 Å². The summed E-state index contributed by atoms with van der Waals surface area (Å²) in [5.74, 6) is 0. The Morgan fingerprint density at radius 1 is 0.415 bits per heavy atom. The summed E-state index contributed by atoms with van der Waals surface area (Å²) in [5, 5.41) is 2.58. The third-order valence-electron chi connectivity index (χ3n) is 13.7. The Morgan fingerprint density at radius 2 is 0.862 bits per heavy atom. The van der Waals surface area contributed by atoms with Gasteiger partial charge in [-0.25, -0.2) is 0 Å². The molecule has 3 nitrogen and oxygen atoms in total. The molecule has 1 aromatic heterocycles. The number of rotatable bonds is 5. The summed E-state index contributed by atoms with van der Waals surface area (Å²) in [6.45, 7) is 20.7. The molecule has 320 valence electrons. The molecule has 0 saturated carbocycles. The fourth-order valence-electron chi connectivity index (χ4n) is 10.2. The Morgan fingerprint density at radius 3 is 1.37 bits per heavy atom. The Kier molecular flexibility index (Phi) is 9.50. The average molecular weight is 862 g/mol. The van der Waals surface area contributed by atoms with Crippen LogP contribution in [0.25, 0.3) is 20.2 Å². The number of para-hydroxylation sites is 2. The minimum Gasteiger partial charge on any atom is -0.311 e. The highest BCUT2D eigenvalue weighted by Crippen LogP contribution is 2.50. The average Bonchev–Trinajstić information content (AvgIpc) is 3.68. The van der Waals surface area contributed by atoms with Crippen molar-refractivity contribution in [3.05, 3.63) is 193 Å². The van der Waals surface area contributed by atoms with Gasteiger partial charge in [-0.3, -0.25) is 0 Å². The monoisotopic (exact) mass is 861 g/mol. The van der Waals surface area contributed by atoms with Crippen LogP contribution in [-0.2, 0) is 16.2 Å². The van der Waals surface area contributed by atoms with Gasteiger partial charge < -0.3 is 14.7 Å². The largest absolute Gasteiger partial charge is 0.311 e. The maximum Gasteiger partial charge on any atom is 0.252 e. The van der Waals surface area contributed by atoms with Crippen molar-refractivity contribution < 1.29 is 0 Å². The van der Waals surface area contributed by atoms with Gasteiger partial charge in [-0.05, 0) is 122 Å². The van der Waals surface area contributed by atoms with Crippen molar-refractivity contribution >= 4 is 106 Å². The molecule has 0 spiro atoms. The smallest absolute Gasteiger partial charge is 0.252 e. The molecule has 0 aliphatic carbocycles. The maximum atomic E-state index is 2.54. The summed E-state index contributed by atoms with van der Waals surface area (Å²) < 4.78 is 2.57. The van der Waals surface area contributed by atoms with E-state index in [2.05, 4.69) is 253 Å². The third-order valence-corrected chi connectivity index (χ3v) is 14.9. The Hall–Kier alpha value is -6.56. The Bertz CT molecular complexity index is 3140. The zero-order valence-electron chi connectivity index (χ0n) is 39.1. The topological polar surface area (TPSA) is 9.72 Å². The molecule has 0 unspecified atom stereocenters. The number of thiophene rings is 1. The fraction of sp³-hybridized carbons (Fsp3) is 0.200. The predicted molar refractivity (Wildman–Crippen MR) is 284 cm³/mol. The van der Waals surface area contributed by atoms with Crippen LogP contribution in [0.5, 0.6) is 0 Å². The Balaban J connectivity index is 1.24. The minimum atomic E-state index is 0.0206. The SMILES string of the molecule is CC(C)(C)c1ccc(N2c3ccccc3B3c4ccccc4N(c4ccc(C(C)(C)C)cc4)c4cc(N(c5ccc(C(C)(C)C)cc5)c5cccc6c5sc5ccccc56)cc2c43)cc1. The number of hydrogen-bond donors (Lipinski definition) is 0. The maximum absolute atomic E-state index is 2.54. The van der Waals surface area contributed by atoms with Gasteiger partial charge in [0.1, 0.15) is 0 Å². The molecule has 3 heterocycles. The third kappa shape index (κ3) is 6.86. The van der Waals surface area contributed by atoms with Crippen LogP contribution in [0.2, 0.25) is 0 Å². The molecule has 9 aromatic rings. The number of anilines is 9. The van der Waals surface area contributed by atoms with Gasteiger partial charge in [0.2, 0.25) is 0 Å². The molecule has 0 N–H and O–H groups in total. The summed E-state index contributed by atoms with van der Waals surface area (Å²) in [7, 11) is 0. The minimum absolute atomic E-state index is 0.0206. The summed E-state index contributed by atoms with van der Waals surface area (Å²) >= 11 is 1.88. The van der Waals surface area contributed by atoms with Crippen molar-refractivity contribution in [2.75, 3.05) is 14.7 Å². The molecular formula is C60H56BN3S. The standard InChI is InChI=1S/C60H56BN3S/c1-58(2,3)39-25-31-42(32-26-39)62(52-23-16-18-47-46-17-10-15-24-55(46)65-57(47)52)45-37-53-56-54(38-45)64(44-35-29-41(30-36-44)60(7,8)9)51-22-14-12-20-49(51)61(56)48-19-11-13-21-50(48)63(53)43-33-27-40(28-34-43)59(4,5)6/h10-38H,1-9H3. The molecule has 5 heteroatoms. The summed E-state index contributed by atoms with van der Waals surface area (Å²) in [6, 6.07) is 66.8. The second kappa shape index (κ2) is 15.0. The molecule has 2 aliphatic rings. The lowest BCUT2D eigenvalue weighted by atomic mass is 9.33. The van der Waals surface area contributed by atoms with Crippen LogP contribution in [0, 0.1) is 0 Å². The van der Waals surface area contributed by atoms with Crippen LogP contribution < -0.4 is 31.1 Å². The molecule has 0 bridgehead atoms. The van der Waals surface area contributed by atoms with E-state index in [0.29, 0.717) is 0 Å². The fourth-order valence-corrected chi connectivity index (χ4v) is 11.4. The molecule has 0 amide bonds. The molecule has 0 fully saturated rings. The van der Waals surface area contributed by atoms with Crippen molar-refractivity contribution in [2.24, 2.45) is 0 Å². The zero-order valence-corrected chi connectivity index (χ0v) is 39.9. The molecule has 0 atom stereocenters. The number of hydrogen-bond acceptors (Lipinski definition) is 4. The van der Waals surface area contributed by atoms with Gasteiger partial charge in [-0.1, -0.05) is 165 Å².